The molecule has 0 saturated heterocycles. The maximum absolute atomic E-state index is 4.27. The third-order valence-electron chi connectivity index (χ3n) is 1.49. The molecule has 0 amide bonds. The van der Waals surface area contributed by atoms with Crippen LogP contribution in [0.15, 0.2) is 12.1 Å². The second-order valence-corrected chi connectivity index (χ2v) is 2.35. The third-order valence-corrected chi connectivity index (χ3v) is 1.49. The van der Waals surface area contributed by atoms with Crippen molar-refractivity contribution in [1.29, 1.82) is 0 Å². The fraction of sp³-hybridized carbons (Fsp3) is 0.286. The van der Waals surface area contributed by atoms with Gasteiger partial charge >= 0.3 is 0 Å². The molecular weight excluding hydrogens is 109 g/mol. The van der Waals surface area contributed by atoms with E-state index in [0.29, 0.717) is 0 Å². The standard InChI is InChI=1S/C7H10BN/c1-5-3-4-7(8)9-6(5)2/h3-4H,8H2,1-2H3. The zero-order chi connectivity index (χ0) is 6.85. The first-order valence-electron chi connectivity index (χ1n) is 3.11. The van der Waals surface area contributed by atoms with Crippen molar-refractivity contribution in [2.75, 3.05) is 0 Å². The Kier molecular flexibility index (Phi) is 1.56. The quantitative estimate of drug-likeness (QED) is 0.436. The van der Waals surface area contributed by atoms with Crippen molar-refractivity contribution in [2.45, 2.75) is 13.8 Å². The molecule has 0 N–H and O–H groups in total. The van der Waals surface area contributed by atoms with E-state index in [0.717, 1.165) is 11.3 Å². The number of hydrogen-bond acceptors (Lipinski definition) is 1. The Morgan fingerprint density at radius 3 is 2.44 bits per heavy atom. The molecule has 0 radical (unpaired) electrons. The summed E-state index contributed by atoms with van der Waals surface area (Å²) in [7, 11) is 2.01. The van der Waals surface area contributed by atoms with Gasteiger partial charge in [0.2, 0.25) is 0 Å². The van der Waals surface area contributed by atoms with Crippen LogP contribution in [0.2, 0.25) is 0 Å². The Bertz CT molecular complexity index is 220. The normalized spacial score (nSPS) is 9.56. The Morgan fingerprint density at radius 2 is 2.00 bits per heavy atom. The molecule has 46 valence electrons. The number of hydrogen-bond donors (Lipinski definition) is 0. The number of pyridine rings is 1. The van der Waals surface area contributed by atoms with Gasteiger partial charge in [-0.3, -0.25) is 4.98 Å². The summed E-state index contributed by atoms with van der Waals surface area (Å²) >= 11 is 0. The van der Waals surface area contributed by atoms with Crippen LogP contribution in [0.4, 0.5) is 0 Å². The van der Waals surface area contributed by atoms with E-state index < -0.39 is 0 Å². The van der Waals surface area contributed by atoms with Crippen LogP contribution >= 0.6 is 0 Å². The summed E-state index contributed by atoms with van der Waals surface area (Å²) in [6.07, 6.45) is 0. The molecule has 1 aromatic rings. The second-order valence-electron chi connectivity index (χ2n) is 2.35. The van der Waals surface area contributed by atoms with Crippen LogP contribution in [-0.2, 0) is 0 Å². The molecular formula is C7H10BN. The van der Waals surface area contributed by atoms with E-state index in [4.69, 9.17) is 0 Å². The van der Waals surface area contributed by atoms with Gasteiger partial charge in [-0.2, -0.15) is 0 Å². The molecule has 0 unspecified atom stereocenters. The lowest BCUT2D eigenvalue weighted by molar-refractivity contribution is 1.18. The lowest BCUT2D eigenvalue weighted by Crippen LogP contribution is -2.08. The monoisotopic (exact) mass is 119 g/mol. The fourth-order valence-corrected chi connectivity index (χ4v) is 0.756. The minimum Gasteiger partial charge on any atom is -0.269 e. The molecule has 0 fully saturated rings. The van der Waals surface area contributed by atoms with Gasteiger partial charge in [0.25, 0.3) is 0 Å². The summed E-state index contributed by atoms with van der Waals surface area (Å²) in [6, 6.07) is 4.12. The van der Waals surface area contributed by atoms with E-state index in [1.54, 1.807) is 0 Å². The first-order chi connectivity index (χ1) is 4.20. The average molecular weight is 119 g/mol. The van der Waals surface area contributed by atoms with Crippen LogP contribution in [0.1, 0.15) is 11.3 Å². The molecule has 0 aliphatic carbocycles. The van der Waals surface area contributed by atoms with Gasteiger partial charge in [-0.15, -0.1) is 0 Å². The van der Waals surface area contributed by atoms with Gasteiger partial charge in [0.15, 0.2) is 7.85 Å². The zero-order valence-electron chi connectivity index (χ0n) is 6.10. The van der Waals surface area contributed by atoms with Gasteiger partial charge in [0.1, 0.15) is 0 Å². The number of aryl methyl sites for hydroxylation is 2. The highest BCUT2D eigenvalue weighted by atomic mass is 14.7. The van der Waals surface area contributed by atoms with Gasteiger partial charge in [-0.1, -0.05) is 12.1 Å². The minimum absolute atomic E-state index is 1.10. The summed E-state index contributed by atoms with van der Waals surface area (Å²) in [4.78, 5) is 4.27. The average Bonchev–Trinajstić information content (AvgIpc) is 1.80. The third kappa shape index (κ3) is 1.32. The lowest BCUT2D eigenvalue weighted by atomic mass is 10.0. The van der Waals surface area contributed by atoms with Crippen molar-refractivity contribution in [3.05, 3.63) is 23.4 Å². The highest BCUT2D eigenvalue weighted by Gasteiger charge is 1.90. The van der Waals surface area contributed by atoms with E-state index in [-0.39, 0.29) is 0 Å². The molecule has 1 aromatic heterocycles. The highest BCUT2D eigenvalue weighted by molar-refractivity contribution is 6.30. The van der Waals surface area contributed by atoms with Gasteiger partial charge in [0.05, 0.1) is 0 Å². The van der Waals surface area contributed by atoms with Crippen LogP contribution in [-0.4, -0.2) is 12.8 Å². The SMILES string of the molecule is Bc1ccc(C)c(C)n1. The maximum atomic E-state index is 4.27. The molecule has 0 aliphatic rings. The first-order valence-corrected chi connectivity index (χ1v) is 3.11. The minimum atomic E-state index is 1.10. The van der Waals surface area contributed by atoms with Gasteiger partial charge < -0.3 is 0 Å². The topological polar surface area (TPSA) is 12.9 Å². The van der Waals surface area contributed by atoms with Crippen LogP contribution in [0.25, 0.3) is 0 Å². The summed E-state index contributed by atoms with van der Waals surface area (Å²) in [5.41, 5.74) is 3.49. The Balaban J connectivity index is 3.17. The van der Waals surface area contributed by atoms with Crippen LogP contribution in [0.3, 0.4) is 0 Å². The number of rotatable bonds is 0. The maximum Gasteiger partial charge on any atom is 0.163 e. The van der Waals surface area contributed by atoms with E-state index in [9.17, 15) is 0 Å². The van der Waals surface area contributed by atoms with E-state index in [2.05, 4.69) is 18.0 Å². The zero-order valence-corrected chi connectivity index (χ0v) is 6.10. The van der Waals surface area contributed by atoms with Crippen molar-refractivity contribution in [2.24, 2.45) is 0 Å². The van der Waals surface area contributed by atoms with Crippen LogP contribution in [0, 0.1) is 13.8 Å². The number of nitrogens with zero attached hydrogens (tertiary/aromatic N) is 1. The van der Waals surface area contributed by atoms with Gasteiger partial charge in [-0.25, -0.2) is 0 Å². The van der Waals surface area contributed by atoms with Crippen molar-refractivity contribution in [1.82, 2.24) is 4.98 Å². The molecule has 2 heteroatoms. The summed E-state index contributed by atoms with van der Waals surface area (Å²) in [5.74, 6) is 0. The largest absolute Gasteiger partial charge is 0.269 e. The molecule has 1 heterocycles. The number of aromatic nitrogens is 1. The van der Waals surface area contributed by atoms with Crippen LogP contribution in [0.5, 0.6) is 0 Å². The van der Waals surface area contributed by atoms with Gasteiger partial charge in [0, 0.05) is 5.69 Å². The summed E-state index contributed by atoms with van der Waals surface area (Å²) in [5, 5.41) is 0. The molecule has 9 heavy (non-hydrogen) atoms. The van der Waals surface area contributed by atoms with Crippen molar-refractivity contribution >= 4 is 13.4 Å². The van der Waals surface area contributed by atoms with Crippen LogP contribution < -0.4 is 5.59 Å². The van der Waals surface area contributed by atoms with E-state index in [1.807, 2.05) is 20.8 Å². The Morgan fingerprint density at radius 1 is 1.33 bits per heavy atom. The fourth-order valence-electron chi connectivity index (χ4n) is 0.756. The molecule has 0 saturated carbocycles. The molecule has 0 aromatic carbocycles. The molecule has 0 bridgehead atoms. The molecule has 0 aliphatic heterocycles. The Labute approximate surface area is 56.5 Å². The van der Waals surface area contributed by atoms with Crippen molar-refractivity contribution in [3.8, 4) is 0 Å². The smallest absolute Gasteiger partial charge is 0.163 e. The molecule has 0 spiro atoms. The Hall–Kier alpha value is -0.785. The van der Waals surface area contributed by atoms with Gasteiger partial charge in [-0.05, 0) is 25.0 Å². The predicted molar refractivity (Wildman–Crippen MR) is 41.9 cm³/mol. The molecule has 0 atom stereocenters. The van der Waals surface area contributed by atoms with Crippen molar-refractivity contribution in [3.63, 3.8) is 0 Å². The lowest BCUT2D eigenvalue weighted by Gasteiger charge is -1.97. The van der Waals surface area contributed by atoms with E-state index in [1.165, 1.54) is 5.56 Å². The molecule has 1 nitrogen and oxygen atoms in total. The summed E-state index contributed by atoms with van der Waals surface area (Å²) < 4.78 is 0. The highest BCUT2D eigenvalue weighted by Crippen LogP contribution is 1.97. The molecule has 1 rings (SSSR count). The first kappa shape index (κ1) is 6.34. The second kappa shape index (κ2) is 2.22. The summed E-state index contributed by atoms with van der Waals surface area (Å²) in [6.45, 7) is 4.10. The van der Waals surface area contributed by atoms with Crippen molar-refractivity contribution < 1.29 is 0 Å². The van der Waals surface area contributed by atoms with E-state index >= 15 is 0 Å². The predicted octanol–water partition coefficient (Wildman–Crippen LogP) is -0.0432.